The Labute approximate surface area is 91.8 Å². The van der Waals surface area contributed by atoms with Crippen LogP contribution in [-0.2, 0) is 9.53 Å². The third-order valence-electron chi connectivity index (χ3n) is 3.26. The number of nitrogens with zero attached hydrogens (tertiary/aromatic N) is 1. The lowest BCUT2D eigenvalue weighted by Crippen LogP contribution is -2.41. The number of likely N-dealkylation sites (tertiary alicyclic amines) is 1. The lowest BCUT2D eigenvalue weighted by atomic mass is 9.99. The summed E-state index contributed by atoms with van der Waals surface area (Å²) in [5, 5.41) is 0. The van der Waals surface area contributed by atoms with Crippen LogP contribution in [0.5, 0.6) is 0 Å². The standard InChI is InChI=1S/C12H19NO2/c1-6-12(3,4)13-7-9(2)10(8-13)11(14)15-5/h1,9-10H,7-8H2,2-5H3/t9-,10-/m0/s1. The summed E-state index contributed by atoms with van der Waals surface area (Å²) in [6.07, 6.45) is 5.48. The molecule has 1 fully saturated rings. The molecule has 1 saturated heterocycles. The van der Waals surface area contributed by atoms with Crippen molar-refractivity contribution < 1.29 is 9.53 Å². The predicted molar refractivity (Wildman–Crippen MR) is 59.2 cm³/mol. The minimum absolute atomic E-state index is 0.0392. The largest absolute Gasteiger partial charge is 0.469 e. The third kappa shape index (κ3) is 2.32. The Kier molecular flexibility index (Phi) is 3.41. The number of ether oxygens (including phenoxy) is 1. The van der Waals surface area contributed by atoms with Crippen LogP contribution in [0.3, 0.4) is 0 Å². The summed E-state index contributed by atoms with van der Waals surface area (Å²) >= 11 is 0. The molecule has 0 aromatic rings. The van der Waals surface area contributed by atoms with Crippen molar-refractivity contribution in [2.24, 2.45) is 11.8 Å². The molecule has 1 aliphatic rings. The predicted octanol–water partition coefficient (Wildman–Crippen LogP) is 1.14. The van der Waals surface area contributed by atoms with Gasteiger partial charge in [-0.2, -0.15) is 0 Å². The molecule has 0 N–H and O–H groups in total. The smallest absolute Gasteiger partial charge is 0.310 e. The molecule has 3 heteroatoms. The fourth-order valence-electron chi connectivity index (χ4n) is 1.97. The first-order valence-corrected chi connectivity index (χ1v) is 5.23. The minimum Gasteiger partial charge on any atom is -0.469 e. The van der Waals surface area contributed by atoms with Crippen LogP contribution in [0.2, 0.25) is 0 Å². The van der Waals surface area contributed by atoms with Gasteiger partial charge in [-0.05, 0) is 19.8 Å². The van der Waals surface area contributed by atoms with Crippen LogP contribution >= 0.6 is 0 Å². The maximum atomic E-state index is 11.5. The summed E-state index contributed by atoms with van der Waals surface area (Å²) in [7, 11) is 1.43. The Balaban J connectivity index is 2.73. The van der Waals surface area contributed by atoms with E-state index in [0.29, 0.717) is 12.5 Å². The number of hydrogen-bond donors (Lipinski definition) is 0. The molecule has 0 bridgehead atoms. The molecule has 0 radical (unpaired) electrons. The first-order chi connectivity index (χ1) is 6.92. The Bertz CT molecular complexity index is 290. The maximum absolute atomic E-state index is 11.5. The van der Waals surface area contributed by atoms with E-state index in [1.807, 2.05) is 13.8 Å². The molecule has 2 atom stereocenters. The fourth-order valence-corrected chi connectivity index (χ4v) is 1.97. The number of terminal acetylenes is 1. The second-order valence-electron chi connectivity index (χ2n) is 4.72. The number of hydrogen-bond acceptors (Lipinski definition) is 3. The SMILES string of the molecule is C#CC(C)(C)N1C[C@H](C(=O)OC)[C@@H](C)C1. The fraction of sp³-hybridized carbons (Fsp3) is 0.750. The summed E-state index contributed by atoms with van der Waals surface area (Å²) in [6.45, 7) is 7.62. The molecule has 0 spiro atoms. The Hall–Kier alpha value is -1.01. The molecule has 84 valence electrons. The zero-order chi connectivity index (χ0) is 11.6. The van der Waals surface area contributed by atoms with E-state index >= 15 is 0 Å². The summed E-state index contributed by atoms with van der Waals surface area (Å²) < 4.78 is 4.78. The van der Waals surface area contributed by atoms with E-state index in [1.165, 1.54) is 7.11 Å². The second kappa shape index (κ2) is 4.24. The molecule has 0 aliphatic carbocycles. The van der Waals surface area contributed by atoms with Crippen LogP contribution in [-0.4, -0.2) is 36.6 Å². The van der Waals surface area contributed by atoms with Crippen LogP contribution in [0, 0.1) is 24.2 Å². The van der Waals surface area contributed by atoms with E-state index < -0.39 is 0 Å². The summed E-state index contributed by atoms with van der Waals surface area (Å²) in [4.78, 5) is 13.7. The number of carbonyl (C=O) groups is 1. The highest BCUT2D eigenvalue weighted by atomic mass is 16.5. The third-order valence-corrected chi connectivity index (χ3v) is 3.26. The van der Waals surface area contributed by atoms with Gasteiger partial charge in [0.1, 0.15) is 0 Å². The average Bonchev–Trinajstić information content (AvgIpc) is 2.60. The van der Waals surface area contributed by atoms with E-state index in [1.54, 1.807) is 0 Å². The van der Waals surface area contributed by atoms with E-state index in [0.717, 1.165) is 6.54 Å². The normalized spacial score (nSPS) is 27.4. The summed E-state index contributed by atoms with van der Waals surface area (Å²) in [5.74, 6) is 2.90. The van der Waals surface area contributed by atoms with Gasteiger partial charge >= 0.3 is 5.97 Å². The van der Waals surface area contributed by atoms with Crippen LogP contribution < -0.4 is 0 Å². The first-order valence-electron chi connectivity index (χ1n) is 5.23. The van der Waals surface area contributed by atoms with Gasteiger partial charge in [0.2, 0.25) is 0 Å². The molecular weight excluding hydrogens is 190 g/mol. The van der Waals surface area contributed by atoms with Crippen molar-refractivity contribution in [3.8, 4) is 12.3 Å². The highest BCUT2D eigenvalue weighted by Gasteiger charge is 2.40. The van der Waals surface area contributed by atoms with Crippen molar-refractivity contribution in [3.63, 3.8) is 0 Å². The quantitative estimate of drug-likeness (QED) is 0.504. The molecule has 3 nitrogen and oxygen atoms in total. The molecule has 0 amide bonds. The molecule has 1 aliphatic heterocycles. The number of carbonyl (C=O) groups excluding carboxylic acids is 1. The number of rotatable bonds is 2. The molecule has 0 aromatic heterocycles. The first kappa shape index (κ1) is 12.1. The van der Waals surface area contributed by atoms with Crippen molar-refractivity contribution in [1.29, 1.82) is 0 Å². The summed E-state index contributed by atoms with van der Waals surface area (Å²) in [6, 6.07) is 0. The Morgan fingerprint density at radius 3 is 2.60 bits per heavy atom. The topological polar surface area (TPSA) is 29.5 Å². The van der Waals surface area contributed by atoms with Crippen molar-refractivity contribution in [2.75, 3.05) is 20.2 Å². The zero-order valence-corrected chi connectivity index (χ0v) is 9.91. The molecule has 0 saturated carbocycles. The van der Waals surface area contributed by atoms with Gasteiger partial charge in [-0.1, -0.05) is 12.8 Å². The van der Waals surface area contributed by atoms with Crippen LogP contribution in [0.4, 0.5) is 0 Å². The lowest BCUT2D eigenvalue weighted by molar-refractivity contribution is -0.146. The highest BCUT2D eigenvalue weighted by Crippen LogP contribution is 2.29. The highest BCUT2D eigenvalue weighted by molar-refractivity contribution is 5.73. The van der Waals surface area contributed by atoms with Crippen LogP contribution in [0.1, 0.15) is 20.8 Å². The van der Waals surface area contributed by atoms with Gasteiger partial charge in [0.25, 0.3) is 0 Å². The Morgan fingerprint density at radius 1 is 1.53 bits per heavy atom. The average molecular weight is 209 g/mol. The van der Waals surface area contributed by atoms with Gasteiger partial charge in [0.15, 0.2) is 0 Å². The maximum Gasteiger partial charge on any atom is 0.310 e. The van der Waals surface area contributed by atoms with Gasteiger partial charge in [0.05, 0.1) is 18.6 Å². The van der Waals surface area contributed by atoms with Crippen molar-refractivity contribution in [3.05, 3.63) is 0 Å². The second-order valence-corrected chi connectivity index (χ2v) is 4.72. The number of esters is 1. The molecule has 0 aromatic carbocycles. The van der Waals surface area contributed by atoms with Crippen LogP contribution in [0.15, 0.2) is 0 Å². The van der Waals surface area contributed by atoms with E-state index in [4.69, 9.17) is 11.2 Å². The molecule has 15 heavy (non-hydrogen) atoms. The van der Waals surface area contributed by atoms with Gasteiger partial charge in [-0.3, -0.25) is 9.69 Å². The lowest BCUT2D eigenvalue weighted by Gasteiger charge is -2.30. The van der Waals surface area contributed by atoms with Crippen molar-refractivity contribution >= 4 is 5.97 Å². The van der Waals surface area contributed by atoms with Gasteiger partial charge in [0, 0.05) is 13.1 Å². The van der Waals surface area contributed by atoms with Gasteiger partial charge in [-0.25, -0.2) is 0 Å². The van der Waals surface area contributed by atoms with Gasteiger partial charge < -0.3 is 4.74 Å². The van der Waals surface area contributed by atoms with E-state index in [9.17, 15) is 4.79 Å². The zero-order valence-electron chi connectivity index (χ0n) is 9.91. The Morgan fingerprint density at radius 2 is 2.13 bits per heavy atom. The molecular formula is C12H19NO2. The molecule has 1 heterocycles. The van der Waals surface area contributed by atoms with Crippen LogP contribution in [0.25, 0.3) is 0 Å². The van der Waals surface area contributed by atoms with Gasteiger partial charge in [-0.15, -0.1) is 6.42 Å². The minimum atomic E-state index is -0.281. The van der Waals surface area contributed by atoms with E-state index in [2.05, 4.69) is 17.7 Å². The monoisotopic (exact) mass is 209 g/mol. The number of methoxy groups -OCH3 is 1. The van der Waals surface area contributed by atoms with Crippen molar-refractivity contribution in [1.82, 2.24) is 4.90 Å². The van der Waals surface area contributed by atoms with Crippen molar-refractivity contribution in [2.45, 2.75) is 26.3 Å². The molecule has 0 unspecified atom stereocenters. The van der Waals surface area contributed by atoms with E-state index in [-0.39, 0.29) is 17.4 Å². The summed E-state index contributed by atoms with van der Waals surface area (Å²) in [5.41, 5.74) is -0.281. The molecule has 1 rings (SSSR count).